The van der Waals surface area contributed by atoms with Gasteiger partial charge in [0.25, 0.3) is 0 Å². The van der Waals surface area contributed by atoms with Gasteiger partial charge >= 0.3 is 0 Å². The van der Waals surface area contributed by atoms with Crippen molar-refractivity contribution >= 4 is 11.6 Å². The monoisotopic (exact) mass is 269 g/mol. The fourth-order valence-corrected chi connectivity index (χ4v) is 2.41. The van der Waals surface area contributed by atoms with Gasteiger partial charge in [-0.2, -0.15) is 0 Å². The van der Waals surface area contributed by atoms with E-state index in [0.717, 1.165) is 18.2 Å². The third kappa shape index (κ3) is 4.60. The molecule has 102 valence electrons. The first kappa shape index (κ1) is 15.5. The summed E-state index contributed by atoms with van der Waals surface area (Å²) >= 11 is 6.31. The molecule has 0 heterocycles. The quantitative estimate of drug-likeness (QED) is 0.815. The topological polar surface area (TPSA) is 21.3 Å². The third-order valence-electron chi connectivity index (χ3n) is 3.17. The molecule has 1 rings (SSSR count). The lowest BCUT2D eigenvalue weighted by molar-refractivity contribution is 0.145. The maximum Gasteiger partial charge on any atom is 0.0494 e. The molecule has 1 aromatic carbocycles. The maximum absolute atomic E-state index is 6.31. The van der Waals surface area contributed by atoms with Crippen LogP contribution in [0.2, 0.25) is 5.02 Å². The van der Waals surface area contributed by atoms with Gasteiger partial charge in [-0.05, 0) is 17.5 Å². The van der Waals surface area contributed by atoms with E-state index in [9.17, 15) is 0 Å². The predicted octanol–water partition coefficient (Wildman–Crippen LogP) is 3.70. The van der Waals surface area contributed by atoms with Gasteiger partial charge in [-0.1, -0.05) is 50.6 Å². The first-order chi connectivity index (χ1) is 8.56. The first-order valence-corrected chi connectivity index (χ1v) is 6.90. The summed E-state index contributed by atoms with van der Waals surface area (Å²) in [6, 6.07) is 8.56. The Morgan fingerprint density at radius 3 is 2.44 bits per heavy atom. The van der Waals surface area contributed by atoms with E-state index in [1.807, 2.05) is 18.2 Å². The van der Waals surface area contributed by atoms with Gasteiger partial charge in [0.05, 0.1) is 0 Å². The Morgan fingerprint density at radius 2 is 1.89 bits per heavy atom. The molecule has 0 radical (unpaired) electrons. The molecule has 0 aliphatic heterocycles. The Balaban J connectivity index is 2.86. The second kappa shape index (κ2) is 7.78. The lowest BCUT2D eigenvalue weighted by Crippen LogP contribution is -2.32. The Bertz CT molecular complexity index is 354. The number of hydrogen-bond donors (Lipinski definition) is 1. The molecule has 18 heavy (non-hydrogen) atoms. The molecule has 0 spiro atoms. The van der Waals surface area contributed by atoms with E-state index in [0.29, 0.717) is 17.9 Å². The van der Waals surface area contributed by atoms with E-state index in [1.165, 1.54) is 5.56 Å². The van der Waals surface area contributed by atoms with Gasteiger partial charge in [-0.15, -0.1) is 0 Å². The van der Waals surface area contributed by atoms with E-state index >= 15 is 0 Å². The minimum absolute atomic E-state index is 0.376. The van der Waals surface area contributed by atoms with Crippen molar-refractivity contribution in [1.29, 1.82) is 0 Å². The highest BCUT2D eigenvalue weighted by Crippen LogP contribution is 2.30. The Morgan fingerprint density at radius 1 is 1.22 bits per heavy atom. The predicted molar refractivity (Wildman–Crippen MR) is 78.4 cm³/mol. The lowest BCUT2D eigenvalue weighted by atomic mass is 9.87. The normalized spacial score (nSPS) is 14.8. The Kier molecular flexibility index (Phi) is 6.69. The molecule has 1 aromatic rings. The van der Waals surface area contributed by atoms with Crippen LogP contribution in [0.1, 0.15) is 32.3 Å². The number of hydrogen-bond acceptors (Lipinski definition) is 2. The van der Waals surface area contributed by atoms with Gasteiger partial charge in [0.15, 0.2) is 0 Å². The number of ether oxygens (including phenoxy) is 1. The summed E-state index contributed by atoms with van der Waals surface area (Å²) < 4.78 is 5.28. The average molecular weight is 270 g/mol. The van der Waals surface area contributed by atoms with Crippen molar-refractivity contribution in [2.75, 3.05) is 20.3 Å². The van der Waals surface area contributed by atoms with Crippen LogP contribution in [0, 0.1) is 5.92 Å². The van der Waals surface area contributed by atoms with Crippen molar-refractivity contribution in [2.45, 2.75) is 32.7 Å². The molecule has 2 nitrogen and oxygen atoms in total. The van der Waals surface area contributed by atoms with Crippen LogP contribution in [-0.2, 0) is 4.74 Å². The minimum Gasteiger partial charge on any atom is -0.384 e. The van der Waals surface area contributed by atoms with Crippen molar-refractivity contribution in [1.82, 2.24) is 5.32 Å². The Labute approximate surface area is 116 Å². The van der Waals surface area contributed by atoms with Crippen LogP contribution < -0.4 is 5.32 Å². The lowest BCUT2D eigenvalue weighted by Gasteiger charge is -2.26. The van der Waals surface area contributed by atoms with Gasteiger partial charge < -0.3 is 10.1 Å². The van der Waals surface area contributed by atoms with E-state index in [-0.39, 0.29) is 0 Å². The summed E-state index contributed by atoms with van der Waals surface area (Å²) in [5, 5.41) is 4.34. The summed E-state index contributed by atoms with van der Waals surface area (Å²) in [6.45, 7) is 8.19. The van der Waals surface area contributed by atoms with Crippen LogP contribution in [0.15, 0.2) is 24.3 Å². The molecule has 3 heteroatoms. The first-order valence-electron chi connectivity index (χ1n) is 6.53. The van der Waals surface area contributed by atoms with Gasteiger partial charge in [-0.25, -0.2) is 0 Å². The second-order valence-corrected chi connectivity index (χ2v) is 5.53. The van der Waals surface area contributed by atoms with Crippen molar-refractivity contribution in [3.63, 3.8) is 0 Å². The highest BCUT2D eigenvalue weighted by molar-refractivity contribution is 6.31. The summed E-state index contributed by atoms with van der Waals surface area (Å²) in [6.07, 6.45) is 0. The van der Waals surface area contributed by atoms with E-state index in [2.05, 4.69) is 32.2 Å². The third-order valence-corrected chi connectivity index (χ3v) is 3.51. The molecule has 0 fully saturated rings. The molecule has 0 saturated heterocycles. The highest BCUT2D eigenvalue weighted by atomic mass is 35.5. The molecule has 0 aliphatic carbocycles. The number of rotatable bonds is 7. The standard InChI is InChI=1S/C15H24ClNO/c1-11(2)17-9-14(12(3)10-18-4)13-7-5-6-8-15(13)16/h5-8,11-12,14,17H,9-10H2,1-4H3. The molecule has 0 saturated carbocycles. The summed E-state index contributed by atoms with van der Waals surface area (Å²) in [4.78, 5) is 0. The van der Waals surface area contributed by atoms with E-state index < -0.39 is 0 Å². The largest absolute Gasteiger partial charge is 0.384 e. The fraction of sp³-hybridized carbons (Fsp3) is 0.600. The molecule has 2 unspecified atom stereocenters. The van der Waals surface area contributed by atoms with Crippen LogP contribution >= 0.6 is 11.6 Å². The van der Waals surface area contributed by atoms with E-state index in [1.54, 1.807) is 7.11 Å². The minimum atomic E-state index is 0.376. The molecule has 0 aliphatic rings. The molecular weight excluding hydrogens is 246 g/mol. The average Bonchev–Trinajstić information content (AvgIpc) is 2.31. The van der Waals surface area contributed by atoms with Crippen LogP contribution in [0.3, 0.4) is 0 Å². The summed E-state index contributed by atoms with van der Waals surface area (Å²) in [5.41, 5.74) is 1.21. The molecule has 1 N–H and O–H groups in total. The molecule has 0 amide bonds. The molecule has 0 bridgehead atoms. The van der Waals surface area contributed by atoms with Crippen LogP contribution in [0.4, 0.5) is 0 Å². The second-order valence-electron chi connectivity index (χ2n) is 5.12. The molecular formula is C15H24ClNO. The highest BCUT2D eigenvalue weighted by Gasteiger charge is 2.21. The van der Waals surface area contributed by atoms with Crippen LogP contribution in [0.25, 0.3) is 0 Å². The Hall–Kier alpha value is -0.570. The maximum atomic E-state index is 6.31. The summed E-state index contributed by atoms with van der Waals surface area (Å²) in [7, 11) is 1.75. The van der Waals surface area contributed by atoms with Crippen LogP contribution in [0.5, 0.6) is 0 Å². The van der Waals surface area contributed by atoms with Gasteiger partial charge in [0.2, 0.25) is 0 Å². The zero-order chi connectivity index (χ0) is 13.5. The molecule has 0 aromatic heterocycles. The van der Waals surface area contributed by atoms with Gasteiger partial charge in [0.1, 0.15) is 0 Å². The van der Waals surface area contributed by atoms with Gasteiger partial charge in [0, 0.05) is 37.2 Å². The number of nitrogens with one attached hydrogen (secondary N) is 1. The SMILES string of the molecule is COCC(C)C(CNC(C)C)c1ccccc1Cl. The zero-order valence-electron chi connectivity index (χ0n) is 11.7. The number of benzene rings is 1. The number of methoxy groups -OCH3 is 1. The van der Waals surface area contributed by atoms with Crippen molar-refractivity contribution in [3.05, 3.63) is 34.9 Å². The van der Waals surface area contributed by atoms with Crippen molar-refractivity contribution in [3.8, 4) is 0 Å². The van der Waals surface area contributed by atoms with Gasteiger partial charge in [-0.3, -0.25) is 0 Å². The fourth-order valence-electron chi connectivity index (χ4n) is 2.14. The van der Waals surface area contributed by atoms with Crippen molar-refractivity contribution < 1.29 is 4.74 Å². The van der Waals surface area contributed by atoms with E-state index in [4.69, 9.17) is 16.3 Å². The molecule has 2 atom stereocenters. The number of halogens is 1. The summed E-state index contributed by atoms with van der Waals surface area (Å²) in [5.74, 6) is 0.808. The van der Waals surface area contributed by atoms with Crippen molar-refractivity contribution in [2.24, 2.45) is 5.92 Å². The van der Waals surface area contributed by atoms with Crippen LogP contribution in [-0.4, -0.2) is 26.3 Å². The zero-order valence-corrected chi connectivity index (χ0v) is 12.5. The smallest absolute Gasteiger partial charge is 0.0494 e.